The highest BCUT2D eigenvalue weighted by Crippen LogP contribution is 1.76. The number of hydrogen-bond donors (Lipinski definition) is 2. The van der Waals surface area contributed by atoms with Crippen molar-refractivity contribution in [1.82, 2.24) is 10.8 Å². The molecule has 0 aromatic rings. The van der Waals surface area contributed by atoms with Gasteiger partial charge < -0.3 is 10.2 Å². The molecule has 1 amide bonds. The Labute approximate surface area is 67.3 Å². The van der Waals surface area contributed by atoms with Gasteiger partial charge in [0.05, 0.1) is 6.61 Å². The highest BCUT2D eigenvalue weighted by molar-refractivity contribution is 5.75. The molecule has 4 heteroatoms. The highest BCUT2D eigenvalue weighted by Gasteiger charge is 1.96. The van der Waals surface area contributed by atoms with Crippen molar-refractivity contribution in [2.45, 2.75) is 20.3 Å². The molecule has 0 aliphatic carbocycles. The smallest absolute Gasteiger partial charge is 0.221 e. The number of amides is 1. The van der Waals surface area contributed by atoms with Crippen LogP contribution in [0.1, 0.15) is 20.3 Å². The molecule has 0 unspecified atom stereocenters. The van der Waals surface area contributed by atoms with E-state index in [1.54, 1.807) is 0 Å². The van der Waals surface area contributed by atoms with Crippen molar-refractivity contribution in [1.29, 1.82) is 0 Å². The van der Waals surface area contributed by atoms with Crippen LogP contribution < -0.4 is 10.8 Å². The summed E-state index contributed by atoms with van der Waals surface area (Å²) in [6.07, 6.45) is 0.466. The monoisotopic (exact) mass is 160 g/mol. The van der Waals surface area contributed by atoms with Gasteiger partial charge in [-0.1, -0.05) is 0 Å². The van der Waals surface area contributed by atoms with Gasteiger partial charge in [-0.2, -0.15) is 0 Å². The fourth-order valence-corrected chi connectivity index (χ4v) is 0.624. The number of hydrogen-bond acceptors (Lipinski definition) is 3. The molecule has 0 heterocycles. The summed E-state index contributed by atoms with van der Waals surface area (Å²) >= 11 is 0. The second-order valence-electron chi connectivity index (χ2n) is 2.03. The summed E-state index contributed by atoms with van der Waals surface area (Å²) in [5.74, 6) is 0.0553. The third-order valence-electron chi connectivity index (χ3n) is 1.07. The van der Waals surface area contributed by atoms with Crippen molar-refractivity contribution < 1.29 is 9.63 Å². The van der Waals surface area contributed by atoms with Crippen LogP contribution in [0.25, 0.3) is 0 Å². The van der Waals surface area contributed by atoms with E-state index >= 15 is 0 Å². The highest BCUT2D eigenvalue weighted by atomic mass is 16.6. The van der Waals surface area contributed by atoms with Gasteiger partial charge in [-0.3, -0.25) is 4.79 Å². The molecule has 0 aromatic heterocycles. The van der Waals surface area contributed by atoms with Gasteiger partial charge in [-0.25, -0.2) is 5.48 Å². The van der Waals surface area contributed by atoms with Gasteiger partial charge in [0.2, 0.25) is 5.91 Å². The zero-order chi connectivity index (χ0) is 8.53. The molecule has 0 radical (unpaired) electrons. The second kappa shape index (κ2) is 7.50. The fourth-order valence-electron chi connectivity index (χ4n) is 0.624. The van der Waals surface area contributed by atoms with E-state index in [9.17, 15) is 4.79 Å². The molecule has 0 fully saturated rings. The molecule has 0 aliphatic heterocycles. The van der Waals surface area contributed by atoms with E-state index in [1.807, 2.05) is 13.8 Å². The third-order valence-corrected chi connectivity index (χ3v) is 1.07. The fraction of sp³-hybridized carbons (Fsp3) is 0.857. The first kappa shape index (κ1) is 10.4. The predicted molar refractivity (Wildman–Crippen MR) is 42.9 cm³/mol. The number of hydroxylamine groups is 1. The molecule has 0 saturated heterocycles. The Balaban J connectivity index is 3.04. The van der Waals surface area contributed by atoms with Crippen LogP contribution in [-0.4, -0.2) is 25.6 Å². The van der Waals surface area contributed by atoms with Crippen LogP contribution in [0.15, 0.2) is 0 Å². The Morgan fingerprint density at radius 1 is 1.45 bits per heavy atom. The van der Waals surface area contributed by atoms with E-state index in [-0.39, 0.29) is 5.91 Å². The molecule has 0 bridgehead atoms. The average molecular weight is 160 g/mol. The van der Waals surface area contributed by atoms with Gasteiger partial charge in [0.15, 0.2) is 0 Å². The normalized spacial score (nSPS) is 9.64. The van der Waals surface area contributed by atoms with Crippen LogP contribution in [0.5, 0.6) is 0 Å². The third kappa shape index (κ3) is 7.29. The van der Waals surface area contributed by atoms with Crippen LogP contribution in [0.3, 0.4) is 0 Å². The lowest BCUT2D eigenvalue weighted by molar-refractivity contribution is -0.121. The minimum Gasteiger partial charge on any atom is -0.356 e. The summed E-state index contributed by atoms with van der Waals surface area (Å²) in [6, 6.07) is 0. The van der Waals surface area contributed by atoms with Crippen LogP contribution in [0, 0.1) is 0 Å². The van der Waals surface area contributed by atoms with Crippen molar-refractivity contribution in [2.24, 2.45) is 0 Å². The maximum atomic E-state index is 10.8. The first-order chi connectivity index (χ1) is 5.31. The first-order valence-electron chi connectivity index (χ1n) is 3.92. The van der Waals surface area contributed by atoms with E-state index in [0.29, 0.717) is 26.1 Å². The van der Waals surface area contributed by atoms with Crippen molar-refractivity contribution in [3.8, 4) is 0 Å². The number of nitrogens with one attached hydrogen (secondary N) is 2. The van der Waals surface area contributed by atoms with Crippen LogP contribution in [0.2, 0.25) is 0 Å². The van der Waals surface area contributed by atoms with Crippen molar-refractivity contribution in [2.75, 3.05) is 19.7 Å². The van der Waals surface area contributed by atoms with Crippen LogP contribution >= 0.6 is 0 Å². The Kier molecular flexibility index (Phi) is 7.08. The maximum absolute atomic E-state index is 10.8. The molecule has 0 rings (SSSR count). The summed E-state index contributed by atoms with van der Waals surface area (Å²) in [4.78, 5) is 15.6. The van der Waals surface area contributed by atoms with Gasteiger partial charge in [0.1, 0.15) is 0 Å². The lowest BCUT2D eigenvalue weighted by Crippen LogP contribution is -2.27. The van der Waals surface area contributed by atoms with Crippen LogP contribution in [0.4, 0.5) is 0 Å². The Morgan fingerprint density at radius 3 is 2.73 bits per heavy atom. The first-order valence-corrected chi connectivity index (χ1v) is 3.92. The van der Waals surface area contributed by atoms with Gasteiger partial charge in [-0.15, -0.1) is 0 Å². The van der Waals surface area contributed by atoms with E-state index in [2.05, 4.69) is 10.8 Å². The molecule has 0 aliphatic rings. The zero-order valence-electron chi connectivity index (χ0n) is 7.14. The number of carbonyl (C=O) groups is 1. The van der Waals surface area contributed by atoms with Crippen molar-refractivity contribution in [3.05, 3.63) is 0 Å². The maximum Gasteiger partial charge on any atom is 0.221 e. The molecule has 0 spiro atoms. The summed E-state index contributed by atoms with van der Waals surface area (Å²) < 4.78 is 0. The second-order valence-corrected chi connectivity index (χ2v) is 2.03. The molecular formula is C7H16N2O2. The average Bonchev–Trinajstić information content (AvgIpc) is 1.99. The van der Waals surface area contributed by atoms with Gasteiger partial charge in [-0.05, 0) is 13.8 Å². The molecule has 4 nitrogen and oxygen atoms in total. The number of carbonyl (C=O) groups excluding carboxylic acids is 1. The molecule has 0 atom stereocenters. The molecular weight excluding hydrogens is 144 g/mol. The van der Waals surface area contributed by atoms with Crippen molar-refractivity contribution in [3.63, 3.8) is 0 Å². The quantitative estimate of drug-likeness (QED) is 0.426. The standard InChI is InChI=1S/C7H16N2O2/c1-3-8-7(10)5-6-9-11-4-2/h9H,3-6H2,1-2H3,(H,8,10). The number of rotatable bonds is 6. The Hall–Kier alpha value is -0.610. The van der Waals surface area contributed by atoms with E-state index < -0.39 is 0 Å². The lowest BCUT2D eigenvalue weighted by Gasteiger charge is -2.02. The Morgan fingerprint density at radius 2 is 2.18 bits per heavy atom. The van der Waals surface area contributed by atoms with Crippen LogP contribution in [-0.2, 0) is 9.63 Å². The van der Waals surface area contributed by atoms with E-state index in [1.165, 1.54) is 0 Å². The van der Waals surface area contributed by atoms with Gasteiger partial charge >= 0.3 is 0 Å². The van der Waals surface area contributed by atoms with Gasteiger partial charge in [0.25, 0.3) is 0 Å². The van der Waals surface area contributed by atoms with E-state index in [4.69, 9.17) is 4.84 Å². The predicted octanol–water partition coefficient (Wildman–Crippen LogP) is 0.0537. The van der Waals surface area contributed by atoms with E-state index in [0.717, 1.165) is 0 Å². The summed E-state index contributed by atoms with van der Waals surface area (Å²) in [5, 5.41) is 2.69. The minimum absolute atomic E-state index is 0.0553. The Bertz CT molecular complexity index is 107. The SMILES string of the molecule is CCNC(=O)CCNOCC. The summed E-state index contributed by atoms with van der Waals surface area (Å²) in [7, 11) is 0. The molecule has 0 aromatic carbocycles. The lowest BCUT2D eigenvalue weighted by atomic mass is 10.4. The minimum atomic E-state index is 0.0553. The topological polar surface area (TPSA) is 50.4 Å². The summed E-state index contributed by atoms with van der Waals surface area (Å²) in [6.45, 7) is 5.66. The van der Waals surface area contributed by atoms with Crippen molar-refractivity contribution >= 4 is 5.91 Å². The molecule has 11 heavy (non-hydrogen) atoms. The van der Waals surface area contributed by atoms with Gasteiger partial charge in [0, 0.05) is 19.5 Å². The zero-order valence-corrected chi connectivity index (χ0v) is 7.14. The molecule has 66 valence electrons. The molecule has 0 saturated carbocycles. The largest absolute Gasteiger partial charge is 0.356 e. The molecule has 2 N–H and O–H groups in total. The summed E-state index contributed by atoms with van der Waals surface area (Å²) in [5.41, 5.74) is 2.66.